The molecule has 2 aliphatic heterocycles. The Morgan fingerprint density at radius 1 is 1.19 bits per heavy atom. The monoisotopic (exact) mass is 546 g/mol. The van der Waals surface area contributed by atoms with Crippen LogP contribution in [0.5, 0.6) is 11.5 Å². The molecule has 1 saturated heterocycles. The number of para-hydroxylation sites is 2. The van der Waals surface area contributed by atoms with Gasteiger partial charge in [-0.25, -0.2) is 13.4 Å². The van der Waals surface area contributed by atoms with Gasteiger partial charge in [0.15, 0.2) is 11.5 Å². The Hall–Kier alpha value is -2.96. The number of hydrogen-bond acceptors (Lipinski definition) is 8. The van der Waals surface area contributed by atoms with Crippen LogP contribution >= 0.6 is 11.3 Å². The highest BCUT2D eigenvalue weighted by Gasteiger charge is 2.36. The molecule has 5 rings (SSSR count). The lowest BCUT2D eigenvalue weighted by molar-refractivity contribution is -0.122. The van der Waals surface area contributed by atoms with E-state index in [1.54, 1.807) is 13.0 Å². The number of aromatic nitrogens is 2. The number of fused-ring (bicyclic) bond motifs is 2. The van der Waals surface area contributed by atoms with Crippen molar-refractivity contribution in [2.45, 2.75) is 44.7 Å². The largest absolute Gasteiger partial charge is 0.486 e. The number of sulfonamides is 1. The van der Waals surface area contributed by atoms with Gasteiger partial charge in [0.25, 0.3) is 5.56 Å². The van der Waals surface area contributed by atoms with E-state index in [2.05, 4.69) is 10.3 Å². The topological polar surface area (TPSA) is 120 Å². The van der Waals surface area contributed by atoms with Crippen LogP contribution in [0, 0.1) is 18.8 Å². The van der Waals surface area contributed by atoms with E-state index in [-0.39, 0.29) is 47.9 Å². The zero-order chi connectivity index (χ0) is 26.3. The van der Waals surface area contributed by atoms with Crippen LogP contribution in [0.15, 0.2) is 40.3 Å². The number of aryl methyl sites for hydroxylation is 1. The molecule has 0 radical (unpaired) electrons. The molecule has 37 heavy (non-hydrogen) atoms. The fourth-order valence-electron chi connectivity index (χ4n) is 5.07. The van der Waals surface area contributed by atoms with Crippen LogP contribution in [-0.4, -0.2) is 60.5 Å². The molecule has 0 aliphatic carbocycles. The Morgan fingerprint density at radius 3 is 2.62 bits per heavy atom. The van der Waals surface area contributed by atoms with Gasteiger partial charge >= 0.3 is 0 Å². The molecule has 198 valence electrons. The van der Waals surface area contributed by atoms with Crippen molar-refractivity contribution >= 4 is 37.5 Å². The van der Waals surface area contributed by atoms with Crippen LogP contribution in [-0.2, 0) is 21.4 Å². The summed E-state index contributed by atoms with van der Waals surface area (Å²) < 4.78 is 41.5. The average Bonchev–Trinajstić information content (AvgIpc) is 3.21. The van der Waals surface area contributed by atoms with Gasteiger partial charge in [0.05, 0.1) is 18.3 Å². The van der Waals surface area contributed by atoms with E-state index < -0.39 is 21.5 Å². The Balaban J connectivity index is 1.34. The van der Waals surface area contributed by atoms with Crippen LogP contribution < -0.4 is 20.3 Å². The first-order valence-corrected chi connectivity index (χ1v) is 14.5. The normalized spacial score (nSPS) is 22.2. The van der Waals surface area contributed by atoms with E-state index in [1.807, 2.05) is 32.0 Å². The van der Waals surface area contributed by atoms with Gasteiger partial charge in [-0.3, -0.25) is 14.2 Å². The highest BCUT2D eigenvalue weighted by molar-refractivity contribution is 7.89. The quantitative estimate of drug-likeness (QED) is 0.504. The lowest BCUT2D eigenvalue weighted by Crippen LogP contribution is -2.43. The molecule has 4 heterocycles. The molecule has 0 saturated carbocycles. The number of amides is 1. The lowest BCUT2D eigenvalue weighted by Gasteiger charge is -2.34. The molecular formula is C25H30N4O6S2. The maximum absolute atomic E-state index is 13.7. The van der Waals surface area contributed by atoms with Gasteiger partial charge in [0.2, 0.25) is 15.9 Å². The molecule has 3 unspecified atom stereocenters. The minimum absolute atomic E-state index is 0.00692. The van der Waals surface area contributed by atoms with E-state index >= 15 is 0 Å². The molecule has 1 aromatic carbocycles. The van der Waals surface area contributed by atoms with Crippen molar-refractivity contribution in [1.82, 2.24) is 19.2 Å². The van der Waals surface area contributed by atoms with Crippen molar-refractivity contribution in [2.75, 3.05) is 26.2 Å². The fourth-order valence-corrected chi connectivity index (χ4v) is 8.42. The zero-order valence-corrected chi connectivity index (χ0v) is 22.6. The maximum atomic E-state index is 13.7. The number of carbonyl (C=O) groups excluding carboxylic acids is 1. The number of piperidine rings is 1. The summed E-state index contributed by atoms with van der Waals surface area (Å²) in [5.74, 6) is 1.31. The third-order valence-electron chi connectivity index (χ3n) is 6.64. The lowest BCUT2D eigenvalue weighted by atomic mass is 9.94. The summed E-state index contributed by atoms with van der Waals surface area (Å²) in [5, 5.41) is 2.81. The first-order chi connectivity index (χ1) is 17.6. The second kappa shape index (κ2) is 10.1. The number of nitrogens with zero attached hydrogens (tertiary/aromatic N) is 3. The second-order valence-corrected chi connectivity index (χ2v) is 13.0. The molecule has 2 aliphatic rings. The minimum Gasteiger partial charge on any atom is -0.486 e. The number of carbonyl (C=O) groups is 1. The summed E-state index contributed by atoms with van der Waals surface area (Å²) >= 11 is 1.18. The van der Waals surface area contributed by atoms with Gasteiger partial charge in [-0.15, -0.1) is 11.3 Å². The summed E-state index contributed by atoms with van der Waals surface area (Å²) in [4.78, 5) is 31.3. The molecule has 3 aromatic rings. The number of nitrogens with one attached hydrogen (secondary N) is 1. The van der Waals surface area contributed by atoms with Crippen LogP contribution in [0.4, 0.5) is 0 Å². The van der Waals surface area contributed by atoms with Gasteiger partial charge < -0.3 is 14.8 Å². The summed E-state index contributed by atoms with van der Waals surface area (Å²) in [6.45, 7) is 6.78. The van der Waals surface area contributed by atoms with E-state index in [0.29, 0.717) is 34.3 Å². The zero-order valence-electron chi connectivity index (χ0n) is 21.0. The molecule has 12 heteroatoms. The van der Waals surface area contributed by atoms with Gasteiger partial charge in [-0.05, 0) is 37.3 Å². The standard InChI is InChI=1S/C25H30N4O6S2/c1-15-8-16(2)11-29(10-15)37(32,33)23-17(3)36-24-22(23)25(31)28(14-27-24)12-21(30)26-9-18-13-34-19-6-4-5-7-20(19)35-18/h4-7,14-16,18H,8-13H2,1-3H3,(H,26,30). The van der Waals surface area contributed by atoms with Crippen molar-refractivity contribution in [3.8, 4) is 11.5 Å². The summed E-state index contributed by atoms with van der Waals surface area (Å²) in [6, 6.07) is 7.30. The maximum Gasteiger partial charge on any atom is 0.263 e. The van der Waals surface area contributed by atoms with Crippen molar-refractivity contribution < 1.29 is 22.7 Å². The number of hydrogen-bond donors (Lipinski definition) is 1. The molecule has 2 aromatic heterocycles. The van der Waals surface area contributed by atoms with Gasteiger partial charge in [-0.2, -0.15) is 4.31 Å². The number of benzene rings is 1. The number of rotatable bonds is 6. The summed E-state index contributed by atoms with van der Waals surface area (Å²) in [5.41, 5.74) is -0.549. The Labute approximate surface area is 219 Å². The Morgan fingerprint density at radius 2 is 1.89 bits per heavy atom. The predicted molar refractivity (Wildman–Crippen MR) is 140 cm³/mol. The number of ether oxygens (including phenoxy) is 2. The van der Waals surface area contributed by atoms with Crippen molar-refractivity contribution in [2.24, 2.45) is 11.8 Å². The van der Waals surface area contributed by atoms with Crippen LogP contribution in [0.25, 0.3) is 10.2 Å². The molecule has 1 fully saturated rings. The first-order valence-electron chi connectivity index (χ1n) is 12.3. The van der Waals surface area contributed by atoms with Gasteiger partial charge in [0, 0.05) is 18.0 Å². The van der Waals surface area contributed by atoms with Gasteiger partial charge in [-0.1, -0.05) is 26.0 Å². The first kappa shape index (κ1) is 25.7. The van der Waals surface area contributed by atoms with E-state index in [1.165, 1.54) is 22.0 Å². The van der Waals surface area contributed by atoms with Crippen LogP contribution in [0.1, 0.15) is 25.1 Å². The summed E-state index contributed by atoms with van der Waals surface area (Å²) in [6.07, 6.45) is 1.88. The summed E-state index contributed by atoms with van der Waals surface area (Å²) in [7, 11) is -3.90. The molecule has 0 bridgehead atoms. The second-order valence-electron chi connectivity index (χ2n) is 9.91. The van der Waals surface area contributed by atoms with E-state index in [4.69, 9.17) is 9.47 Å². The van der Waals surface area contributed by atoms with E-state index in [0.717, 1.165) is 11.0 Å². The fraction of sp³-hybridized carbons (Fsp3) is 0.480. The molecule has 1 amide bonds. The minimum atomic E-state index is -3.90. The molecule has 10 nitrogen and oxygen atoms in total. The molecule has 1 N–H and O–H groups in total. The third-order valence-corrected chi connectivity index (χ3v) is 9.79. The molecule has 3 atom stereocenters. The third kappa shape index (κ3) is 5.10. The average molecular weight is 547 g/mol. The highest BCUT2D eigenvalue weighted by Crippen LogP contribution is 2.35. The SMILES string of the molecule is Cc1sc2ncn(CC(=O)NCC3COc4ccccc4O3)c(=O)c2c1S(=O)(=O)N1CC(C)CC(C)C1. The van der Waals surface area contributed by atoms with Crippen molar-refractivity contribution in [1.29, 1.82) is 0 Å². The Kier molecular flexibility index (Phi) is 6.99. The molecular weight excluding hydrogens is 516 g/mol. The highest BCUT2D eigenvalue weighted by atomic mass is 32.2. The predicted octanol–water partition coefficient (Wildman–Crippen LogP) is 2.39. The van der Waals surface area contributed by atoms with Crippen LogP contribution in [0.3, 0.4) is 0 Å². The Bertz CT molecular complexity index is 1490. The van der Waals surface area contributed by atoms with E-state index in [9.17, 15) is 18.0 Å². The van der Waals surface area contributed by atoms with Crippen LogP contribution in [0.2, 0.25) is 0 Å². The number of thiophene rings is 1. The molecule has 0 spiro atoms. The smallest absolute Gasteiger partial charge is 0.263 e. The van der Waals surface area contributed by atoms with Crippen molar-refractivity contribution in [3.05, 3.63) is 45.8 Å². The van der Waals surface area contributed by atoms with Crippen molar-refractivity contribution in [3.63, 3.8) is 0 Å². The van der Waals surface area contributed by atoms with Gasteiger partial charge in [0.1, 0.15) is 29.0 Å².